The van der Waals surface area contributed by atoms with Crippen molar-refractivity contribution in [1.82, 2.24) is 29.2 Å². The molecule has 10 nitrogen and oxygen atoms in total. The molecule has 29 heavy (non-hydrogen) atoms. The van der Waals surface area contributed by atoms with Crippen LogP contribution in [0.3, 0.4) is 0 Å². The molecule has 0 aliphatic carbocycles. The van der Waals surface area contributed by atoms with Crippen molar-refractivity contribution in [1.29, 1.82) is 0 Å². The van der Waals surface area contributed by atoms with Crippen LogP contribution in [0.2, 0.25) is 0 Å². The maximum absolute atomic E-state index is 13.2. The number of nitrogens with two attached hydrogens (primary N) is 1. The topological polar surface area (TPSA) is 136 Å². The molecule has 1 amide bonds. The maximum atomic E-state index is 13.2. The van der Waals surface area contributed by atoms with Gasteiger partial charge < -0.3 is 11.1 Å². The van der Waals surface area contributed by atoms with E-state index in [-0.39, 0.29) is 29.2 Å². The smallest absolute Gasteiger partial charge is 0.243 e. The highest BCUT2D eigenvalue weighted by Gasteiger charge is 2.33. The van der Waals surface area contributed by atoms with Gasteiger partial charge in [0, 0.05) is 31.6 Å². The number of nitrogens with zero attached hydrogens (tertiary/aromatic N) is 5. The Labute approximate surface area is 167 Å². The van der Waals surface area contributed by atoms with Crippen molar-refractivity contribution in [2.24, 2.45) is 0 Å². The van der Waals surface area contributed by atoms with Gasteiger partial charge in [-0.15, -0.1) is 0 Å². The average molecular weight is 415 g/mol. The summed E-state index contributed by atoms with van der Waals surface area (Å²) in [6, 6.07) is 4.80. The summed E-state index contributed by atoms with van der Waals surface area (Å²) in [6.45, 7) is 3.92. The normalized spacial score (nSPS) is 17.7. The fourth-order valence-electron chi connectivity index (χ4n) is 3.56. The summed E-state index contributed by atoms with van der Waals surface area (Å²) in [6.07, 6.45) is 3.51. The van der Waals surface area contributed by atoms with E-state index in [0.717, 1.165) is 5.56 Å². The first-order chi connectivity index (χ1) is 13.8. The summed E-state index contributed by atoms with van der Waals surface area (Å²) in [4.78, 5) is 19.6. The lowest BCUT2D eigenvalue weighted by atomic mass is 10.1. The number of amides is 1. The number of hydrogen-bond acceptors (Lipinski definition) is 7. The Morgan fingerprint density at radius 1 is 1.31 bits per heavy atom. The van der Waals surface area contributed by atoms with Crippen molar-refractivity contribution in [3.8, 4) is 11.3 Å². The van der Waals surface area contributed by atoms with Gasteiger partial charge in [-0.25, -0.2) is 22.9 Å². The van der Waals surface area contributed by atoms with E-state index in [1.807, 2.05) is 6.92 Å². The molecule has 1 unspecified atom stereocenters. The first-order valence-electron chi connectivity index (χ1n) is 9.10. The first-order valence-corrected chi connectivity index (χ1v) is 10.5. The third-order valence-electron chi connectivity index (χ3n) is 5.01. The van der Waals surface area contributed by atoms with E-state index in [0.29, 0.717) is 29.9 Å². The molecular weight excluding hydrogens is 394 g/mol. The Hall–Kier alpha value is -3.05. The fourth-order valence-corrected chi connectivity index (χ4v) is 5.08. The number of nitrogen functional groups attached to an aromatic ring is 1. The largest absolute Gasteiger partial charge is 0.381 e. The van der Waals surface area contributed by atoms with Crippen LogP contribution in [0.1, 0.15) is 18.9 Å². The zero-order valence-corrected chi connectivity index (χ0v) is 16.8. The van der Waals surface area contributed by atoms with Crippen LogP contribution in [-0.4, -0.2) is 57.3 Å². The highest BCUT2D eigenvalue weighted by Crippen LogP contribution is 2.29. The van der Waals surface area contributed by atoms with Gasteiger partial charge in [0.25, 0.3) is 0 Å². The number of aromatic nitrogens is 4. The molecule has 1 aliphatic heterocycles. The predicted octanol–water partition coefficient (Wildman–Crippen LogP) is 0.581. The number of benzene rings is 1. The van der Waals surface area contributed by atoms with Crippen LogP contribution >= 0.6 is 0 Å². The van der Waals surface area contributed by atoms with Crippen molar-refractivity contribution >= 4 is 27.4 Å². The molecule has 1 saturated heterocycles. The Kier molecular flexibility index (Phi) is 4.71. The van der Waals surface area contributed by atoms with Gasteiger partial charge in [0.1, 0.15) is 6.33 Å². The molecule has 2 aromatic heterocycles. The van der Waals surface area contributed by atoms with E-state index < -0.39 is 10.0 Å². The van der Waals surface area contributed by atoms with E-state index in [1.54, 1.807) is 28.9 Å². The van der Waals surface area contributed by atoms with Crippen LogP contribution in [0.4, 0.5) is 5.82 Å². The van der Waals surface area contributed by atoms with E-state index in [4.69, 9.17) is 5.73 Å². The lowest BCUT2D eigenvalue weighted by Gasteiger charge is -2.18. The summed E-state index contributed by atoms with van der Waals surface area (Å²) in [5.74, 6) is 0.0782. The van der Waals surface area contributed by atoms with Gasteiger partial charge in [-0.05, 0) is 31.0 Å². The van der Waals surface area contributed by atoms with Gasteiger partial charge in [-0.1, -0.05) is 6.07 Å². The van der Waals surface area contributed by atoms with Crippen molar-refractivity contribution < 1.29 is 13.2 Å². The molecular formula is C18H21N7O3S. The number of fused-ring (bicyclic) bond motifs is 1. The number of anilines is 1. The third-order valence-corrected chi connectivity index (χ3v) is 6.87. The van der Waals surface area contributed by atoms with Crippen LogP contribution < -0.4 is 11.1 Å². The Morgan fingerprint density at radius 3 is 2.86 bits per heavy atom. The summed E-state index contributed by atoms with van der Waals surface area (Å²) >= 11 is 0. The van der Waals surface area contributed by atoms with Crippen LogP contribution in [0.5, 0.6) is 0 Å². The molecule has 0 radical (unpaired) electrons. The standard InChI is InChI=1S/C18H21N7O3S/c1-11-3-4-14(29(27,28)24-6-5-13(9-24)23-12(2)26)7-15(11)16-8-20-18-17(19)21-10-22-25(16)18/h3-4,7-8,10,13H,5-6,9H2,1-2H3,(H,23,26)(H2,19,21,22). The molecule has 4 rings (SSSR count). The van der Waals surface area contributed by atoms with E-state index in [9.17, 15) is 13.2 Å². The first kappa shape index (κ1) is 19.3. The summed E-state index contributed by atoms with van der Waals surface area (Å²) < 4.78 is 29.3. The van der Waals surface area contributed by atoms with Gasteiger partial charge in [0.15, 0.2) is 11.5 Å². The monoisotopic (exact) mass is 415 g/mol. The van der Waals surface area contributed by atoms with Gasteiger partial charge in [-0.3, -0.25) is 4.79 Å². The highest BCUT2D eigenvalue weighted by atomic mass is 32.2. The maximum Gasteiger partial charge on any atom is 0.243 e. The number of carbonyl (C=O) groups is 1. The van der Waals surface area contributed by atoms with Gasteiger partial charge in [0.05, 0.1) is 16.8 Å². The predicted molar refractivity (Wildman–Crippen MR) is 106 cm³/mol. The second-order valence-electron chi connectivity index (χ2n) is 7.05. The van der Waals surface area contributed by atoms with E-state index in [1.165, 1.54) is 17.6 Å². The van der Waals surface area contributed by atoms with Crippen molar-refractivity contribution in [3.05, 3.63) is 36.3 Å². The summed E-state index contributed by atoms with van der Waals surface area (Å²) in [5, 5.41) is 6.97. The minimum atomic E-state index is -3.70. The Balaban J connectivity index is 1.72. The van der Waals surface area contributed by atoms with Gasteiger partial charge >= 0.3 is 0 Å². The average Bonchev–Trinajstić information content (AvgIpc) is 3.30. The Morgan fingerprint density at radius 2 is 2.10 bits per heavy atom. The molecule has 1 atom stereocenters. The number of sulfonamides is 1. The molecule has 0 spiro atoms. The zero-order valence-electron chi connectivity index (χ0n) is 16.0. The lowest BCUT2D eigenvalue weighted by molar-refractivity contribution is -0.119. The molecule has 152 valence electrons. The molecule has 0 bridgehead atoms. The molecule has 3 heterocycles. The third kappa shape index (κ3) is 3.42. The van der Waals surface area contributed by atoms with E-state index >= 15 is 0 Å². The SMILES string of the molecule is CC(=O)NC1CCN(S(=O)(=O)c2ccc(C)c(-c3cnc4c(N)ncnn34)c2)C1. The molecule has 11 heteroatoms. The lowest BCUT2D eigenvalue weighted by Crippen LogP contribution is -2.37. The second-order valence-corrected chi connectivity index (χ2v) is 8.99. The summed E-state index contributed by atoms with van der Waals surface area (Å²) in [7, 11) is -3.70. The number of aryl methyl sites for hydroxylation is 1. The number of rotatable bonds is 4. The van der Waals surface area contributed by atoms with Crippen molar-refractivity contribution in [2.75, 3.05) is 18.8 Å². The van der Waals surface area contributed by atoms with Gasteiger partial charge in [-0.2, -0.15) is 9.40 Å². The fraction of sp³-hybridized carbons (Fsp3) is 0.333. The minimum absolute atomic E-state index is 0.166. The molecule has 1 fully saturated rings. The quantitative estimate of drug-likeness (QED) is 0.636. The molecule has 3 aromatic rings. The summed E-state index contributed by atoms with van der Waals surface area (Å²) in [5.41, 5.74) is 8.45. The molecule has 1 aromatic carbocycles. The minimum Gasteiger partial charge on any atom is -0.381 e. The zero-order chi connectivity index (χ0) is 20.8. The number of hydrogen-bond donors (Lipinski definition) is 2. The second kappa shape index (κ2) is 7.08. The highest BCUT2D eigenvalue weighted by molar-refractivity contribution is 7.89. The van der Waals surface area contributed by atoms with Crippen molar-refractivity contribution in [3.63, 3.8) is 0 Å². The van der Waals surface area contributed by atoms with Crippen LogP contribution in [0.15, 0.2) is 35.6 Å². The number of carbonyl (C=O) groups excluding carboxylic acids is 1. The van der Waals surface area contributed by atoms with Crippen LogP contribution in [0.25, 0.3) is 16.9 Å². The molecule has 1 aliphatic rings. The Bertz CT molecular complexity index is 1210. The van der Waals surface area contributed by atoms with Crippen molar-refractivity contribution in [2.45, 2.75) is 31.2 Å². The van der Waals surface area contributed by atoms with Crippen LogP contribution in [0, 0.1) is 6.92 Å². The van der Waals surface area contributed by atoms with E-state index in [2.05, 4.69) is 20.4 Å². The number of imidazole rings is 1. The molecule has 0 saturated carbocycles. The van der Waals surface area contributed by atoms with Crippen LogP contribution in [-0.2, 0) is 14.8 Å². The van der Waals surface area contributed by atoms with Gasteiger partial charge in [0.2, 0.25) is 15.9 Å². The molecule has 3 N–H and O–H groups in total. The number of nitrogens with one attached hydrogen (secondary N) is 1.